The maximum absolute atomic E-state index is 12.1. The Bertz CT molecular complexity index is 239. The van der Waals surface area contributed by atoms with Crippen LogP contribution >= 0.6 is 12.4 Å². The normalized spacial score (nSPS) is 28.5. The first-order chi connectivity index (χ1) is 7.77. The highest BCUT2D eigenvalue weighted by Crippen LogP contribution is 2.17. The summed E-state index contributed by atoms with van der Waals surface area (Å²) in [5, 5.41) is 3.29. The number of piperidine rings is 1. The Morgan fingerprint density at radius 1 is 1.47 bits per heavy atom. The summed E-state index contributed by atoms with van der Waals surface area (Å²) in [5.74, 6) is 1.05. The molecule has 2 atom stereocenters. The van der Waals surface area contributed by atoms with Crippen molar-refractivity contribution < 1.29 is 9.53 Å². The third kappa shape index (κ3) is 4.12. The van der Waals surface area contributed by atoms with Gasteiger partial charge in [-0.1, -0.05) is 0 Å². The minimum atomic E-state index is 0. The van der Waals surface area contributed by atoms with Crippen LogP contribution in [0.4, 0.5) is 0 Å². The Balaban J connectivity index is 0.00000144. The Morgan fingerprint density at radius 2 is 2.29 bits per heavy atom. The van der Waals surface area contributed by atoms with Crippen molar-refractivity contribution in [1.29, 1.82) is 0 Å². The lowest BCUT2D eigenvalue weighted by atomic mass is 9.97. The molecule has 1 amide bonds. The average Bonchev–Trinajstić information content (AvgIpc) is 2.82. The lowest BCUT2D eigenvalue weighted by Crippen LogP contribution is -2.43. The first-order valence-corrected chi connectivity index (χ1v) is 6.31. The number of ether oxygens (including phenoxy) is 1. The van der Waals surface area contributed by atoms with Gasteiger partial charge in [-0.05, 0) is 25.8 Å². The van der Waals surface area contributed by atoms with Crippen LogP contribution in [0.1, 0.15) is 19.3 Å². The molecule has 0 aliphatic carbocycles. The van der Waals surface area contributed by atoms with Crippen molar-refractivity contribution in [2.45, 2.75) is 19.3 Å². The number of carbonyl (C=O) groups is 1. The van der Waals surface area contributed by atoms with Gasteiger partial charge in [0.1, 0.15) is 0 Å². The summed E-state index contributed by atoms with van der Waals surface area (Å²) in [6.45, 7) is 4.45. The summed E-state index contributed by atoms with van der Waals surface area (Å²) in [4.78, 5) is 14.0. The number of carbonyl (C=O) groups excluding carboxylic acids is 1. The van der Waals surface area contributed by atoms with Gasteiger partial charge in [0.15, 0.2) is 0 Å². The van der Waals surface area contributed by atoms with E-state index < -0.39 is 0 Å². The van der Waals surface area contributed by atoms with Gasteiger partial charge in [-0.15, -0.1) is 12.4 Å². The van der Waals surface area contributed by atoms with Crippen molar-refractivity contribution in [3.63, 3.8) is 0 Å². The molecule has 0 aromatic heterocycles. The zero-order valence-corrected chi connectivity index (χ0v) is 11.3. The minimum absolute atomic E-state index is 0. The summed E-state index contributed by atoms with van der Waals surface area (Å²) in [5.41, 5.74) is 0. The molecule has 2 fully saturated rings. The maximum Gasteiger partial charge on any atom is 0.226 e. The minimum Gasteiger partial charge on any atom is -0.381 e. The third-order valence-corrected chi connectivity index (χ3v) is 3.58. The van der Waals surface area contributed by atoms with E-state index in [0.29, 0.717) is 11.8 Å². The van der Waals surface area contributed by atoms with Crippen LogP contribution in [0.3, 0.4) is 0 Å². The van der Waals surface area contributed by atoms with Gasteiger partial charge in [0.2, 0.25) is 5.91 Å². The number of halogens is 1. The highest BCUT2D eigenvalue weighted by atomic mass is 35.5. The molecule has 2 unspecified atom stereocenters. The van der Waals surface area contributed by atoms with Gasteiger partial charge >= 0.3 is 0 Å². The molecule has 2 heterocycles. The van der Waals surface area contributed by atoms with Gasteiger partial charge < -0.3 is 15.0 Å². The molecule has 0 spiro atoms. The lowest BCUT2D eigenvalue weighted by Gasteiger charge is -2.28. The SMILES string of the molecule is CN(CC1CCOC1)C(=O)C1CCCNC1.Cl. The van der Waals surface area contributed by atoms with Crippen LogP contribution in [0.25, 0.3) is 0 Å². The molecular formula is C12H23ClN2O2. The zero-order valence-electron chi connectivity index (χ0n) is 10.5. The van der Waals surface area contributed by atoms with E-state index in [1.54, 1.807) is 0 Å². The molecule has 0 radical (unpaired) electrons. The predicted octanol–water partition coefficient (Wildman–Crippen LogP) is 0.903. The molecule has 2 aliphatic heterocycles. The molecular weight excluding hydrogens is 240 g/mol. The van der Waals surface area contributed by atoms with E-state index in [1.807, 2.05) is 11.9 Å². The van der Waals surface area contributed by atoms with Crippen LogP contribution in [0.15, 0.2) is 0 Å². The summed E-state index contributed by atoms with van der Waals surface area (Å²) in [6, 6.07) is 0. The summed E-state index contributed by atoms with van der Waals surface area (Å²) in [6.07, 6.45) is 3.26. The molecule has 17 heavy (non-hydrogen) atoms. The van der Waals surface area contributed by atoms with Crippen molar-refractivity contribution >= 4 is 18.3 Å². The highest BCUT2D eigenvalue weighted by Gasteiger charge is 2.26. The van der Waals surface area contributed by atoms with Gasteiger partial charge in [0.05, 0.1) is 12.5 Å². The molecule has 0 saturated carbocycles. The third-order valence-electron chi connectivity index (χ3n) is 3.58. The first-order valence-electron chi connectivity index (χ1n) is 6.31. The molecule has 5 heteroatoms. The number of nitrogens with one attached hydrogen (secondary N) is 1. The van der Waals surface area contributed by atoms with Crippen LogP contribution in [-0.4, -0.2) is 50.7 Å². The van der Waals surface area contributed by atoms with Crippen molar-refractivity contribution in [1.82, 2.24) is 10.2 Å². The van der Waals surface area contributed by atoms with Crippen molar-refractivity contribution in [3.8, 4) is 0 Å². The second-order valence-corrected chi connectivity index (χ2v) is 4.99. The van der Waals surface area contributed by atoms with E-state index in [1.165, 1.54) is 0 Å². The molecule has 2 aliphatic rings. The van der Waals surface area contributed by atoms with E-state index >= 15 is 0 Å². The Kier molecular flexibility index (Phi) is 6.23. The quantitative estimate of drug-likeness (QED) is 0.822. The van der Waals surface area contributed by atoms with Crippen molar-refractivity contribution in [2.75, 3.05) is 39.9 Å². The van der Waals surface area contributed by atoms with E-state index in [-0.39, 0.29) is 18.3 Å². The fourth-order valence-electron chi connectivity index (χ4n) is 2.58. The van der Waals surface area contributed by atoms with Crippen LogP contribution in [0.5, 0.6) is 0 Å². The maximum atomic E-state index is 12.1. The molecule has 0 aromatic rings. The largest absolute Gasteiger partial charge is 0.381 e. The summed E-state index contributed by atoms with van der Waals surface area (Å²) < 4.78 is 5.33. The smallest absolute Gasteiger partial charge is 0.226 e. The Morgan fingerprint density at radius 3 is 2.88 bits per heavy atom. The van der Waals surface area contributed by atoms with Crippen LogP contribution in [-0.2, 0) is 9.53 Å². The fraction of sp³-hybridized carbons (Fsp3) is 0.917. The standard InChI is InChI=1S/C12H22N2O2.ClH/c1-14(8-10-4-6-16-9-10)12(15)11-3-2-5-13-7-11;/h10-11,13H,2-9H2,1H3;1H. The van der Waals surface area contributed by atoms with Crippen molar-refractivity contribution in [2.24, 2.45) is 11.8 Å². The molecule has 2 rings (SSSR count). The summed E-state index contributed by atoms with van der Waals surface area (Å²) >= 11 is 0. The molecule has 0 aromatic carbocycles. The van der Waals surface area contributed by atoms with Gasteiger partial charge in [-0.2, -0.15) is 0 Å². The number of rotatable bonds is 3. The Hall–Kier alpha value is -0.320. The van der Waals surface area contributed by atoms with Crippen LogP contribution < -0.4 is 5.32 Å². The molecule has 2 saturated heterocycles. The van der Waals surface area contributed by atoms with Crippen molar-refractivity contribution in [3.05, 3.63) is 0 Å². The predicted molar refractivity (Wildman–Crippen MR) is 69.4 cm³/mol. The lowest BCUT2D eigenvalue weighted by molar-refractivity contribution is -0.135. The van der Waals surface area contributed by atoms with E-state index in [9.17, 15) is 4.79 Å². The van der Waals surface area contributed by atoms with E-state index in [0.717, 1.165) is 52.1 Å². The second kappa shape index (κ2) is 7.19. The first kappa shape index (κ1) is 14.7. The zero-order chi connectivity index (χ0) is 11.4. The number of hydrogen-bond acceptors (Lipinski definition) is 3. The fourth-order valence-corrected chi connectivity index (χ4v) is 2.58. The number of hydrogen-bond donors (Lipinski definition) is 1. The molecule has 1 N–H and O–H groups in total. The van der Waals surface area contributed by atoms with Crippen LogP contribution in [0.2, 0.25) is 0 Å². The second-order valence-electron chi connectivity index (χ2n) is 4.99. The topological polar surface area (TPSA) is 41.6 Å². The van der Waals surface area contributed by atoms with Gasteiger partial charge in [0, 0.05) is 32.7 Å². The molecule has 0 bridgehead atoms. The van der Waals surface area contributed by atoms with Crippen LogP contribution in [0, 0.1) is 11.8 Å². The average molecular weight is 263 g/mol. The van der Waals surface area contributed by atoms with E-state index in [4.69, 9.17) is 4.74 Å². The Labute approximate surface area is 109 Å². The highest BCUT2D eigenvalue weighted by molar-refractivity contribution is 5.85. The van der Waals surface area contributed by atoms with Gasteiger partial charge in [0.25, 0.3) is 0 Å². The van der Waals surface area contributed by atoms with E-state index in [2.05, 4.69) is 5.32 Å². The van der Waals surface area contributed by atoms with Gasteiger partial charge in [-0.3, -0.25) is 4.79 Å². The number of nitrogens with zero attached hydrogens (tertiary/aromatic N) is 1. The number of amides is 1. The molecule has 100 valence electrons. The molecule has 4 nitrogen and oxygen atoms in total. The van der Waals surface area contributed by atoms with Gasteiger partial charge in [-0.25, -0.2) is 0 Å². The summed E-state index contributed by atoms with van der Waals surface area (Å²) in [7, 11) is 1.93. The monoisotopic (exact) mass is 262 g/mol.